The first-order valence-electron chi connectivity index (χ1n) is 10.4. The van der Waals surface area contributed by atoms with Crippen LogP contribution in [-0.2, 0) is 11.2 Å². The smallest absolute Gasteiger partial charge is 0.248 e. The van der Waals surface area contributed by atoms with Crippen LogP contribution in [-0.4, -0.2) is 31.5 Å². The van der Waals surface area contributed by atoms with E-state index in [9.17, 15) is 13.2 Å². The molecule has 0 spiro atoms. The van der Waals surface area contributed by atoms with E-state index in [1.54, 1.807) is 25.1 Å². The van der Waals surface area contributed by atoms with E-state index in [4.69, 9.17) is 24.9 Å². The van der Waals surface area contributed by atoms with Crippen molar-refractivity contribution in [3.05, 3.63) is 52.1 Å². The quantitative estimate of drug-likeness (QED) is 0.588. The third kappa shape index (κ3) is 5.49. The molecule has 1 aromatic carbocycles. The Labute approximate surface area is 180 Å². The first kappa shape index (κ1) is 23.3. The van der Waals surface area contributed by atoms with Crippen molar-refractivity contribution in [2.75, 3.05) is 20.6 Å². The summed E-state index contributed by atoms with van der Waals surface area (Å²) in [7, 11) is 1.49. The van der Waals surface area contributed by atoms with Gasteiger partial charge in [0, 0.05) is 38.0 Å². The number of rotatable bonds is 8. The number of hydrogen-bond acceptors (Lipinski definition) is 5. The number of alkyl halides is 2. The number of nitrogens with zero attached hydrogens (tertiary/aromatic N) is 1. The Bertz CT molecular complexity index is 921. The lowest BCUT2D eigenvalue weighted by atomic mass is 9.83. The van der Waals surface area contributed by atoms with E-state index >= 15 is 0 Å². The summed E-state index contributed by atoms with van der Waals surface area (Å²) in [5, 5.41) is 0. The van der Waals surface area contributed by atoms with Crippen LogP contribution in [0.2, 0.25) is 0 Å². The van der Waals surface area contributed by atoms with E-state index in [1.807, 2.05) is 6.92 Å². The van der Waals surface area contributed by atoms with Gasteiger partial charge in [-0.05, 0) is 61.6 Å². The minimum Gasteiger partial charge on any atom is -0.476 e. The van der Waals surface area contributed by atoms with Crippen LogP contribution in [0.25, 0.3) is 0 Å². The largest absolute Gasteiger partial charge is 0.476 e. The van der Waals surface area contributed by atoms with Gasteiger partial charge in [-0.2, -0.15) is 0 Å². The third-order valence-corrected chi connectivity index (χ3v) is 5.72. The van der Waals surface area contributed by atoms with E-state index in [0.29, 0.717) is 42.0 Å². The molecule has 8 heteroatoms. The SMILES string of the molecule is COCOc1ccc(Cc2c(C)cc(OCN)c(F)c2C)nc1C1CCCC(F)(F)C1. The molecule has 3 rings (SSSR count). The zero-order valence-corrected chi connectivity index (χ0v) is 18.1. The number of aromatic nitrogens is 1. The molecule has 1 heterocycles. The van der Waals surface area contributed by atoms with Gasteiger partial charge in [0.05, 0.1) is 5.69 Å². The number of ether oxygens (including phenoxy) is 3. The van der Waals surface area contributed by atoms with Gasteiger partial charge in [-0.1, -0.05) is 0 Å². The molecule has 1 atom stereocenters. The Morgan fingerprint density at radius 3 is 2.65 bits per heavy atom. The first-order valence-corrected chi connectivity index (χ1v) is 10.4. The van der Waals surface area contributed by atoms with Gasteiger partial charge in [0.15, 0.2) is 18.4 Å². The topological polar surface area (TPSA) is 66.6 Å². The number of halogens is 3. The average molecular weight is 438 g/mol. The molecular weight excluding hydrogens is 409 g/mol. The van der Waals surface area contributed by atoms with Crippen molar-refractivity contribution in [1.29, 1.82) is 0 Å². The molecule has 2 N–H and O–H groups in total. The maximum atomic E-state index is 14.7. The molecule has 1 fully saturated rings. The second kappa shape index (κ2) is 9.87. The first-order chi connectivity index (χ1) is 14.8. The van der Waals surface area contributed by atoms with Gasteiger partial charge in [0.2, 0.25) is 5.92 Å². The summed E-state index contributed by atoms with van der Waals surface area (Å²) < 4.78 is 58.5. The lowest BCUT2D eigenvalue weighted by molar-refractivity contribution is -0.0417. The van der Waals surface area contributed by atoms with Crippen LogP contribution in [0.3, 0.4) is 0 Å². The monoisotopic (exact) mass is 438 g/mol. The molecule has 31 heavy (non-hydrogen) atoms. The lowest BCUT2D eigenvalue weighted by Crippen LogP contribution is -2.26. The van der Waals surface area contributed by atoms with E-state index < -0.39 is 17.7 Å². The van der Waals surface area contributed by atoms with Crippen LogP contribution < -0.4 is 15.2 Å². The van der Waals surface area contributed by atoms with Gasteiger partial charge in [0.1, 0.15) is 12.5 Å². The molecule has 1 aromatic heterocycles. The Morgan fingerprint density at radius 2 is 1.97 bits per heavy atom. The predicted octanol–water partition coefficient (Wildman–Crippen LogP) is 5.00. The lowest BCUT2D eigenvalue weighted by Gasteiger charge is -2.29. The van der Waals surface area contributed by atoms with Crippen LogP contribution in [0.5, 0.6) is 11.5 Å². The third-order valence-electron chi connectivity index (χ3n) is 5.72. The van der Waals surface area contributed by atoms with Crippen molar-refractivity contribution in [3.8, 4) is 11.5 Å². The van der Waals surface area contributed by atoms with E-state index in [-0.39, 0.29) is 32.1 Å². The number of hydrogen-bond donors (Lipinski definition) is 1. The molecule has 5 nitrogen and oxygen atoms in total. The maximum Gasteiger partial charge on any atom is 0.248 e. The van der Waals surface area contributed by atoms with Crippen molar-refractivity contribution in [2.45, 2.75) is 57.8 Å². The Hall–Kier alpha value is -2.32. The second-order valence-electron chi connectivity index (χ2n) is 7.98. The average Bonchev–Trinajstić information content (AvgIpc) is 2.73. The van der Waals surface area contributed by atoms with Gasteiger partial charge in [-0.25, -0.2) is 13.2 Å². The summed E-state index contributed by atoms with van der Waals surface area (Å²) in [6.07, 6.45) is 1.04. The second-order valence-corrected chi connectivity index (χ2v) is 7.98. The number of pyridine rings is 1. The molecule has 0 amide bonds. The Morgan fingerprint density at radius 1 is 1.19 bits per heavy atom. The van der Waals surface area contributed by atoms with Crippen LogP contribution >= 0.6 is 0 Å². The molecule has 1 saturated carbocycles. The fourth-order valence-corrected chi connectivity index (χ4v) is 4.15. The van der Waals surface area contributed by atoms with Gasteiger partial charge < -0.3 is 14.2 Å². The predicted molar refractivity (Wildman–Crippen MR) is 111 cm³/mol. The highest BCUT2D eigenvalue weighted by Gasteiger charge is 2.38. The minimum absolute atomic E-state index is 0.00315. The molecule has 1 aliphatic rings. The van der Waals surface area contributed by atoms with Crippen LogP contribution in [0.15, 0.2) is 18.2 Å². The molecule has 1 aliphatic carbocycles. The van der Waals surface area contributed by atoms with Crippen LogP contribution in [0.4, 0.5) is 13.2 Å². The molecule has 0 saturated heterocycles. The minimum atomic E-state index is -2.71. The Kier molecular flexibility index (Phi) is 7.43. The number of aryl methyl sites for hydroxylation is 1. The Balaban J connectivity index is 1.95. The normalized spacial score (nSPS) is 18.1. The van der Waals surface area contributed by atoms with E-state index in [0.717, 1.165) is 11.1 Å². The van der Waals surface area contributed by atoms with Crippen molar-refractivity contribution < 1.29 is 27.4 Å². The molecule has 1 unspecified atom stereocenters. The summed E-state index contributed by atoms with van der Waals surface area (Å²) in [5.41, 5.74) is 8.61. The van der Waals surface area contributed by atoms with Crippen molar-refractivity contribution in [3.63, 3.8) is 0 Å². The maximum absolute atomic E-state index is 14.7. The van der Waals surface area contributed by atoms with Crippen molar-refractivity contribution >= 4 is 0 Å². The molecule has 2 aromatic rings. The van der Waals surface area contributed by atoms with E-state index in [1.165, 1.54) is 7.11 Å². The highest BCUT2D eigenvalue weighted by Crippen LogP contribution is 2.43. The van der Waals surface area contributed by atoms with Crippen LogP contribution in [0, 0.1) is 19.7 Å². The van der Waals surface area contributed by atoms with E-state index in [2.05, 4.69) is 0 Å². The van der Waals surface area contributed by atoms with Gasteiger partial charge in [-0.3, -0.25) is 10.7 Å². The summed E-state index contributed by atoms with van der Waals surface area (Å²) in [5.74, 6) is -3.02. The summed E-state index contributed by atoms with van der Waals surface area (Å²) >= 11 is 0. The molecule has 0 bridgehead atoms. The van der Waals surface area contributed by atoms with Gasteiger partial charge >= 0.3 is 0 Å². The number of methoxy groups -OCH3 is 1. The number of nitrogens with two attached hydrogens (primary N) is 1. The fourth-order valence-electron chi connectivity index (χ4n) is 4.15. The number of benzene rings is 1. The van der Waals surface area contributed by atoms with Gasteiger partial charge in [-0.15, -0.1) is 0 Å². The summed E-state index contributed by atoms with van der Waals surface area (Å²) in [4.78, 5) is 4.69. The van der Waals surface area contributed by atoms with Crippen molar-refractivity contribution in [2.24, 2.45) is 5.73 Å². The van der Waals surface area contributed by atoms with Crippen molar-refractivity contribution in [1.82, 2.24) is 4.98 Å². The molecule has 170 valence electrons. The summed E-state index contributed by atoms with van der Waals surface area (Å²) in [6, 6.07) is 5.12. The molecule has 0 radical (unpaired) electrons. The summed E-state index contributed by atoms with van der Waals surface area (Å²) in [6.45, 7) is 3.43. The fraction of sp³-hybridized carbons (Fsp3) is 0.522. The van der Waals surface area contributed by atoms with Crippen LogP contribution in [0.1, 0.15) is 59.7 Å². The zero-order valence-electron chi connectivity index (χ0n) is 18.1. The molecule has 0 aliphatic heterocycles. The zero-order chi connectivity index (χ0) is 22.6. The van der Waals surface area contributed by atoms with Gasteiger partial charge in [0.25, 0.3) is 0 Å². The standard InChI is InChI=1S/C23H29F3N2O3/c1-14-9-20(30-12-27)21(24)15(2)18(14)10-17-6-7-19(31-13-29-3)22(28-17)16-5-4-8-23(25,26)11-16/h6-7,9,16H,4-5,8,10-13,27H2,1-3H3. The highest BCUT2D eigenvalue weighted by molar-refractivity contribution is 5.45. The molecular formula is C23H29F3N2O3. The highest BCUT2D eigenvalue weighted by atomic mass is 19.3.